The number of nitrogens with zero attached hydrogens (tertiary/aromatic N) is 1. The normalized spacial score (nSPS) is 10.9. The lowest BCUT2D eigenvalue weighted by atomic mass is 10.1. The number of amides is 1. The highest BCUT2D eigenvalue weighted by Crippen LogP contribution is 2.03. The Morgan fingerprint density at radius 3 is 2.12 bits per heavy atom. The Kier molecular flexibility index (Phi) is 7.66. The van der Waals surface area contributed by atoms with Gasteiger partial charge in [-0.3, -0.25) is 9.69 Å². The maximum atomic E-state index is 11.5. The van der Waals surface area contributed by atoms with E-state index in [1.165, 1.54) is 0 Å². The fraction of sp³-hybridized carbons (Fsp3) is 0.769. The van der Waals surface area contributed by atoms with Crippen molar-refractivity contribution in [2.24, 2.45) is 11.8 Å². The number of nitrogens with one attached hydrogen (secondary N) is 1. The molecule has 0 spiro atoms. The van der Waals surface area contributed by atoms with Crippen LogP contribution >= 0.6 is 0 Å². The number of hydrogen-bond acceptors (Lipinski definition) is 2. The van der Waals surface area contributed by atoms with E-state index in [-0.39, 0.29) is 5.91 Å². The molecule has 1 amide bonds. The maximum Gasteiger partial charge on any atom is 0.234 e. The topological polar surface area (TPSA) is 32.3 Å². The summed E-state index contributed by atoms with van der Waals surface area (Å²) >= 11 is 0. The highest BCUT2D eigenvalue weighted by Gasteiger charge is 2.12. The van der Waals surface area contributed by atoms with Gasteiger partial charge < -0.3 is 5.32 Å². The number of carbonyl (C=O) groups excluding carboxylic acids is 1. The van der Waals surface area contributed by atoms with Gasteiger partial charge in [-0.1, -0.05) is 33.6 Å². The fourth-order valence-corrected chi connectivity index (χ4v) is 1.65. The van der Waals surface area contributed by atoms with Gasteiger partial charge in [-0.15, -0.1) is 6.42 Å². The van der Waals surface area contributed by atoms with E-state index >= 15 is 0 Å². The Hall–Kier alpha value is -1.01. The third kappa shape index (κ3) is 8.31. The molecule has 0 unspecified atom stereocenters. The Labute approximate surface area is 99.6 Å². The van der Waals surface area contributed by atoms with Crippen LogP contribution in [0, 0.1) is 24.2 Å². The van der Waals surface area contributed by atoms with Gasteiger partial charge in [0.05, 0.1) is 13.1 Å². The van der Waals surface area contributed by atoms with Gasteiger partial charge in [-0.05, 0) is 11.8 Å². The first-order valence-electron chi connectivity index (χ1n) is 5.88. The molecule has 0 saturated carbocycles. The van der Waals surface area contributed by atoms with Gasteiger partial charge in [-0.25, -0.2) is 0 Å². The summed E-state index contributed by atoms with van der Waals surface area (Å²) in [6.45, 7) is 11.3. The van der Waals surface area contributed by atoms with E-state index in [4.69, 9.17) is 6.42 Å². The van der Waals surface area contributed by atoms with E-state index < -0.39 is 0 Å². The van der Waals surface area contributed by atoms with Crippen LogP contribution in [-0.4, -0.2) is 37.0 Å². The minimum absolute atomic E-state index is 0.0132. The van der Waals surface area contributed by atoms with Crippen molar-refractivity contribution in [1.29, 1.82) is 0 Å². The molecule has 0 saturated heterocycles. The van der Waals surface area contributed by atoms with Crippen molar-refractivity contribution >= 4 is 5.91 Å². The summed E-state index contributed by atoms with van der Waals surface area (Å²) in [5, 5.41) is 2.69. The van der Waals surface area contributed by atoms with Gasteiger partial charge in [0, 0.05) is 13.1 Å². The molecule has 0 aromatic carbocycles. The summed E-state index contributed by atoms with van der Waals surface area (Å²) in [5.74, 6) is 3.55. The Morgan fingerprint density at radius 1 is 1.25 bits per heavy atom. The summed E-state index contributed by atoms with van der Waals surface area (Å²) in [5.41, 5.74) is 0. The van der Waals surface area contributed by atoms with E-state index in [0.717, 1.165) is 13.1 Å². The number of rotatable bonds is 7. The van der Waals surface area contributed by atoms with E-state index in [2.05, 4.69) is 43.8 Å². The van der Waals surface area contributed by atoms with Gasteiger partial charge >= 0.3 is 0 Å². The quantitative estimate of drug-likeness (QED) is 0.662. The molecule has 3 nitrogen and oxygen atoms in total. The molecule has 0 aromatic heterocycles. The number of terminal acetylenes is 1. The van der Waals surface area contributed by atoms with E-state index in [0.29, 0.717) is 24.9 Å². The van der Waals surface area contributed by atoms with Crippen molar-refractivity contribution in [3.05, 3.63) is 0 Å². The highest BCUT2D eigenvalue weighted by molar-refractivity contribution is 5.78. The molecule has 0 rings (SSSR count). The SMILES string of the molecule is C#CCNC(=O)CN(CC(C)C)CC(C)C. The summed E-state index contributed by atoms with van der Waals surface area (Å²) in [4.78, 5) is 13.7. The molecule has 16 heavy (non-hydrogen) atoms. The van der Waals surface area contributed by atoms with Crippen molar-refractivity contribution in [2.45, 2.75) is 27.7 Å². The van der Waals surface area contributed by atoms with Crippen LogP contribution in [0.5, 0.6) is 0 Å². The molecule has 0 radical (unpaired) electrons. The molecule has 0 aliphatic carbocycles. The minimum Gasteiger partial charge on any atom is -0.344 e. The number of carbonyl (C=O) groups is 1. The molecule has 0 heterocycles. The predicted octanol–water partition coefficient (Wildman–Crippen LogP) is 1.35. The predicted molar refractivity (Wildman–Crippen MR) is 68.0 cm³/mol. The first kappa shape index (κ1) is 15.0. The van der Waals surface area contributed by atoms with Gasteiger partial charge in [-0.2, -0.15) is 0 Å². The van der Waals surface area contributed by atoms with Crippen LogP contribution in [0.25, 0.3) is 0 Å². The second-order valence-corrected chi connectivity index (χ2v) is 4.96. The molecule has 0 atom stereocenters. The third-order valence-electron chi connectivity index (χ3n) is 2.00. The molecule has 0 aliphatic rings. The monoisotopic (exact) mass is 224 g/mol. The average molecular weight is 224 g/mol. The van der Waals surface area contributed by atoms with Crippen molar-refractivity contribution in [3.63, 3.8) is 0 Å². The van der Waals surface area contributed by atoms with Crippen molar-refractivity contribution in [1.82, 2.24) is 10.2 Å². The first-order valence-corrected chi connectivity index (χ1v) is 5.88. The molecule has 1 N–H and O–H groups in total. The molecule has 92 valence electrons. The Bertz CT molecular complexity index is 231. The van der Waals surface area contributed by atoms with Crippen LogP contribution in [0.4, 0.5) is 0 Å². The zero-order valence-electron chi connectivity index (χ0n) is 10.9. The lowest BCUT2D eigenvalue weighted by Gasteiger charge is -2.25. The van der Waals surface area contributed by atoms with E-state index in [1.54, 1.807) is 0 Å². The van der Waals surface area contributed by atoms with Crippen molar-refractivity contribution in [2.75, 3.05) is 26.2 Å². The van der Waals surface area contributed by atoms with Crippen LogP contribution in [0.15, 0.2) is 0 Å². The van der Waals surface area contributed by atoms with Crippen LogP contribution in [0.3, 0.4) is 0 Å². The molecule has 0 bridgehead atoms. The average Bonchev–Trinajstić information content (AvgIpc) is 2.12. The lowest BCUT2D eigenvalue weighted by molar-refractivity contribution is -0.122. The van der Waals surface area contributed by atoms with Crippen LogP contribution in [0.1, 0.15) is 27.7 Å². The maximum absolute atomic E-state index is 11.5. The summed E-state index contributed by atoms with van der Waals surface area (Å²) in [6.07, 6.45) is 5.09. The zero-order chi connectivity index (χ0) is 12.6. The molecule has 0 aliphatic heterocycles. The second-order valence-electron chi connectivity index (χ2n) is 4.96. The fourth-order valence-electron chi connectivity index (χ4n) is 1.65. The molecule has 0 fully saturated rings. The number of hydrogen-bond donors (Lipinski definition) is 1. The first-order chi connectivity index (χ1) is 7.45. The van der Waals surface area contributed by atoms with Gasteiger partial charge in [0.25, 0.3) is 0 Å². The molecular formula is C13H24N2O. The standard InChI is InChI=1S/C13H24N2O/c1-6-7-14-13(16)10-15(8-11(2)3)9-12(4)5/h1,11-12H,7-10H2,2-5H3,(H,14,16). The van der Waals surface area contributed by atoms with Crippen molar-refractivity contribution in [3.8, 4) is 12.3 Å². The Balaban J connectivity index is 4.09. The van der Waals surface area contributed by atoms with Crippen LogP contribution < -0.4 is 5.32 Å². The minimum atomic E-state index is 0.0132. The summed E-state index contributed by atoms with van der Waals surface area (Å²) in [7, 11) is 0. The van der Waals surface area contributed by atoms with Gasteiger partial charge in [0.15, 0.2) is 0 Å². The highest BCUT2D eigenvalue weighted by atomic mass is 16.2. The third-order valence-corrected chi connectivity index (χ3v) is 2.00. The largest absolute Gasteiger partial charge is 0.344 e. The summed E-state index contributed by atoms with van der Waals surface area (Å²) in [6, 6.07) is 0. The zero-order valence-corrected chi connectivity index (χ0v) is 10.9. The molecule has 0 aromatic rings. The summed E-state index contributed by atoms with van der Waals surface area (Å²) < 4.78 is 0. The van der Waals surface area contributed by atoms with Crippen molar-refractivity contribution < 1.29 is 4.79 Å². The van der Waals surface area contributed by atoms with Crippen LogP contribution in [-0.2, 0) is 4.79 Å². The molecule has 3 heteroatoms. The van der Waals surface area contributed by atoms with E-state index in [1.807, 2.05) is 0 Å². The van der Waals surface area contributed by atoms with Gasteiger partial charge in [0.2, 0.25) is 5.91 Å². The lowest BCUT2D eigenvalue weighted by Crippen LogP contribution is -2.40. The van der Waals surface area contributed by atoms with Crippen LogP contribution in [0.2, 0.25) is 0 Å². The van der Waals surface area contributed by atoms with E-state index in [9.17, 15) is 4.79 Å². The Morgan fingerprint density at radius 2 is 1.75 bits per heavy atom. The van der Waals surface area contributed by atoms with Gasteiger partial charge in [0.1, 0.15) is 0 Å². The second kappa shape index (κ2) is 8.18. The molecular weight excluding hydrogens is 200 g/mol. The smallest absolute Gasteiger partial charge is 0.234 e.